The Morgan fingerprint density at radius 2 is 1.00 bits per heavy atom. The third-order valence-corrected chi connectivity index (χ3v) is 8.79. The van der Waals surface area contributed by atoms with Crippen molar-refractivity contribution >= 4 is 43.6 Å². The maximum Gasteiger partial charge on any atom is 0.698 e. The minimum absolute atomic E-state index is 0.0272. The van der Waals surface area contributed by atoms with E-state index in [0.717, 1.165) is 33.6 Å². The Morgan fingerprint density at radius 1 is 0.630 bits per heavy atom. The third-order valence-electron chi connectivity index (χ3n) is 8.11. The first-order chi connectivity index (χ1) is 26.1. The summed E-state index contributed by atoms with van der Waals surface area (Å²) in [5.74, 6) is -1.38. The van der Waals surface area contributed by atoms with Gasteiger partial charge in [-0.15, -0.1) is 9.05 Å². The van der Waals surface area contributed by atoms with E-state index in [0.29, 0.717) is 22.5 Å². The minimum Gasteiger partial charge on any atom is -0.323 e. The Labute approximate surface area is 310 Å². The maximum atomic E-state index is 13.4. The Morgan fingerprint density at radius 3 is 1.37 bits per heavy atom. The van der Waals surface area contributed by atoms with E-state index < -0.39 is 8.25 Å². The normalized spacial score (nSPS) is 11.3. The summed E-state index contributed by atoms with van der Waals surface area (Å²) >= 11 is 0. The van der Waals surface area contributed by atoms with Gasteiger partial charge in [0.2, 0.25) is 11.8 Å². The number of hydrogen-bond donors (Lipinski definition) is 2. The van der Waals surface area contributed by atoms with Gasteiger partial charge in [0.15, 0.2) is 0 Å². The molecular formula is C40H34F2N6O5P+. The summed E-state index contributed by atoms with van der Waals surface area (Å²) in [7, 11) is 1.12. The standard InChI is InChI=1S/C40H33F2N6O5P/c1-47-39(29-7-13-33(41)14-8-29)31(23-43-47)11-21-37(49)45-35-17-3-27(4-18-35)25-52-54(51)53-26-28-5-19-36(20-6-28)46-38(50)22-12-32-24-44-48(2)40(32)30-9-15-34(42)16-10-30/h3-24H,25-26H2,1-2H3,(H-,45,46,49,50)/p+1/b21-11-,22-12-. The van der Waals surface area contributed by atoms with E-state index in [-0.39, 0.29) is 36.7 Å². The summed E-state index contributed by atoms with van der Waals surface area (Å²) in [4.78, 5) is 25.2. The fraction of sp³-hybridized carbons (Fsp3) is 0.100. The first-order valence-corrected chi connectivity index (χ1v) is 17.7. The van der Waals surface area contributed by atoms with Crippen LogP contribution in [-0.2, 0) is 50.5 Å². The average molecular weight is 748 g/mol. The van der Waals surface area contributed by atoms with E-state index in [4.69, 9.17) is 9.05 Å². The fourth-order valence-electron chi connectivity index (χ4n) is 5.43. The largest absolute Gasteiger partial charge is 0.698 e. The summed E-state index contributed by atoms with van der Waals surface area (Å²) in [6.45, 7) is 0.0544. The van der Waals surface area contributed by atoms with Gasteiger partial charge < -0.3 is 10.6 Å². The molecule has 0 saturated carbocycles. The number of carbonyl (C=O) groups excluding carboxylic acids is 2. The van der Waals surface area contributed by atoms with Crippen LogP contribution in [0.4, 0.5) is 20.2 Å². The molecule has 14 heteroatoms. The molecule has 2 amide bonds. The number of aromatic nitrogens is 4. The first-order valence-electron chi connectivity index (χ1n) is 16.6. The molecule has 0 atom stereocenters. The van der Waals surface area contributed by atoms with Gasteiger partial charge in [-0.05, 0) is 96.1 Å². The number of anilines is 2. The maximum absolute atomic E-state index is 13.4. The quantitative estimate of drug-likeness (QED) is 0.0845. The highest BCUT2D eigenvalue weighted by Gasteiger charge is 2.21. The summed E-state index contributed by atoms with van der Waals surface area (Å²) in [6.07, 6.45) is 9.33. The van der Waals surface area contributed by atoms with Crippen LogP contribution >= 0.6 is 8.25 Å². The fourth-order valence-corrected chi connectivity index (χ4v) is 6.02. The zero-order valence-corrected chi connectivity index (χ0v) is 30.0. The molecule has 0 spiro atoms. The predicted molar refractivity (Wildman–Crippen MR) is 203 cm³/mol. The molecule has 2 aromatic heterocycles. The van der Waals surface area contributed by atoms with Gasteiger partial charge in [0.05, 0.1) is 23.8 Å². The molecule has 11 nitrogen and oxygen atoms in total. The summed E-state index contributed by atoms with van der Waals surface area (Å²) in [5, 5.41) is 14.1. The number of aryl methyl sites for hydroxylation is 2. The Hall–Kier alpha value is -6.40. The van der Waals surface area contributed by atoms with E-state index in [1.54, 1.807) is 121 Å². The lowest BCUT2D eigenvalue weighted by atomic mass is 10.1. The molecule has 2 N–H and O–H groups in total. The highest BCUT2D eigenvalue weighted by atomic mass is 31.1. The second kappa shape index (κ2) is 17.4. The molecule has 0 fully saturated rings. The van der Waals surface area contributed by atoms with E-state index in [1.165, 1.54) is 36.4 Å². The highest BCUT2D eigenvalue weighted by molar-refractivity contribution is 7.33. The number of carbonyl (C=O) groups is 2. The molecule has 4 aromatic carbocycles. The highest BCUT2D eigenvalue weighted by Crippen LogP contribution is 2.29. The van der Waals surface area contributed by atoms with Crippen molar-refractivity contribution < 1.29 is 32.0 Å². The van der Waals surface area contributed by atoms with Crippen molar-refractivity contribution in [3.8, 4) is 22.5 Å². The number of hydrogen-bond acceptors (Lipinski definition) is 7. The molecule has 0 radical (unpaired) electrons. The van der Waals surface area contributed by atoms with E-state index in [1.807, 2.05) is 0 Å². The second-order valence-corrected chi connectivity index (χ2v) is 12.9. The third kappa shape index (κ3) is 9.92. The first kappa shape index (κ1) is 37.4. The van der Waals surface area contributed by atoms with Gasteiger partial charge in [0.25, 0.3) is 0 Å². The lowest BCUT2D eigenvalue weighted by Gasteiger charge is -2.05. The molecule has 54 heavy (non-hydrogen) atoms. The summed E-state index contributed by atoms with van der Waals surface area (Å²) in [5.41, 5.74) is 6.99. The molecule has 6 aromatic rings. The van der Waals surface area contributed by atoms with Crippen LogP contribution in [-0.4, -0.2) is 31.4 Å². The number of nitrogens with zero attached hydrogens (tertiary/aromatic N) is 4. The minimum atomic E-state index is -2.42. The SMILES string of the molecule is Cn1ncc(/C=C\C(=O)Nc2ccc(CO[P+](=O)OCc3ccc(NC(=O)/C=C\c4cnn(C)c4-c4ccc(F)cc4)cc3)cc2)c1-c1ccc(F)cc1. The molecule has 0 aliphatic heterocycles. The van der Waals surface area contributed by atoms with Crippen molar-refractivity contribution in [2.24, 2.45) is 14.1 Å². The van der Waals surface area contributed by atoms with Crippen molar-refractivity contribution in [2.75, 3.05) is 10.6 Å². The van der Waals surface area contributed by atoms with Crippen molar-refractivity contribution in [2.45, 2.75) is 13.2 Å². The molecule has 6 rings (SSSR count). The predicted octanol–water partition coefficient (Wildman–Crippen LogP) is 8.46. The molecular weight excluding hydrogens is 713 g/mol. The topological polar surface area (TPSA) is 129 Å². The molecule has 0 aliphatic rings. The van der Waals surface area contributed by atoms with Crippen LogP contribution in [0.5, 0.6) is 0 Å². The molecule has 0 aliphatic carbocycles. The van der Waals surface area contributed by atoms with Crippen LogP contribution in [0.1, 0.15) is 22.3 Å². The number of rotatable bonds is 14. The van der Waals surface area contributed by atoms with Crippen molar-refractivity contribution in [1.82, 2.24) is 19.6 Å². The lowest BCUT2D eigenvalue weighted by Crippen LogP contribution is -2.07. The van der Waals surface area contributed by atoms with E-state index >= 15 is 0 Å². The monoisotopic (exact) mass is 747 g/mol. The molecule has 2 heterocycles. The zero-order chi connectivity index (χ0) is 38.0. The Bertz CT molecular complexity index is 2160. The Balaban J connectivity index is 0.922. The smallest absolute Gasteiger partial charge is 0.323 e. The lowest BCUT2D eigenvalue weighted by molar-refractivity contribution is -0.112. The van der Waals surface area contributed by atoms with Crippen LogP contribution in [0.25, 0.3) is 34.7 Å². The van der Waals surface area contributed by atoms with Crippen LogP contribution in [0, 0.1) is 11.6 Å². The van der Waals surface area contributed by atoms with Crippen LogP contribution < -0.4 is 10.6 Å². The molecule has 272 valence electrons. The molecule has 0 bridgehead atoms. The van der Waals surface area contributed by atoms with Crippen molar-refractivity contribution in [1.29, 1.82) is 0 Å². The number of benzene rings is 4. The van der Waals surface area contributed by atoms with Gasteiger partial charge in [-0.25, -0.2) is 8.78 Å². The van der Waals surface area contributed by atoms with Gasteiger partial charge in [0, 0.05) is 64.4 Å². The summed E-state index contributed by atoms with van der Waals surface area (Å²) in [6, 6.07) is 25.8. The molecule has 0 saturated heterocycles. The number of halogens is 2. The van der Waals surface area contributed by atoms with Crippen LogP contribution in [0.2, 0.25) is 0 Å². The molecule has 0 unspecified atom stereocenters. The van der Waals surface area contributed by atoms with Gasteiger partial charge in [-0.1, -0.05) is 24.3 Å². The van der Waals surface area contributed by atoms with Crippen LogP contribution in [0.3, 0.4) is 0 Å². The Kier molecular flexibility index (Phi) is 12.0. The van der Waals surface area contributed by atoms with Crippen molar-refractivity contribution in [3.63, 3.8) is 0 Å². The van der Waals surface area contributed by atoms with Crippen LogP contribution in [0.15, 0.2) is 122 Å². The van der Waals surface area contributed by atoms with Gasteiger partial charge in [-0.3, -0.25) is 19.0 Å². The number of nitrogens with one attached hydrogen (secondary N) is 2. The van der Waals surface area contributed by atoms with Gasteiger partial charge >= 0.3 is 8.25 Å². The second-order valence-electron chi connectivity index (χ2n) is 12.0. The van der Waals surface area contributed by atoms with E-state index in [9.17, 15) is 22.9 Å². The van der Waals surface area contributed by atoms with Gasteiger partial charge in [0.1, 0.15) is 24.8 Å². The summed E-state index contributed by atoms with van der Waals surface area (Å²) < 4.78 is 53.2. The van der Waals surface area contributed by atoms with E-state index in [2.05, 4.69) is 20.8 Å². The number of amides is 2. The van der Waals surface area contributed by atoms with Gasteiger partial charge in [-0.2, -0.15) is 10.2 Å². The zero-order valence-electron chi connectivity index (χ0n) is 29.1. The van der Waals surface area contributed by atoms with Crippen molar-refractivity contribution in [3.05, 3.63) is 155 Å². The average Bonchev–Trinajstić information content (AvgIpc) is 3.74.